The van der Waals surface area contributed by atoms with Crippen LogP contribution in [0.15, 0.2) is 12.2 Å². The third kappa shape index (κ3) is 48.5. The lowest BCUT2D eigenvalue weighted by Crippen LogP contribution is -2.45. The number of rotatable bonds is 53. The molecule has 0 spiro atoms. The number of nitrogens with one attached hydrogen (secondary N) is 1. The number of unbranched alkanes of at least 4 members (excludes halogenated alkanes) is 44. The van der Waals surface area contributed by atoms with Gasteiger partial charge >= 0.3 is 0 Å². The second-order valence-electron chi connectivity index (χ2n) is 19.9. The van der Waals surface area contributed by atoms with Crippen molar-refractivity contribution in [1.29, 1.82) is 0 Å². The van der Waals surface area contributed by atoms with Crippen LogP contribution in [0.2, 0.25) is 0 Å². The van der Waals surface area contributed by atoms with Gasteiger partial charge in [-0.1, -0.05) is 309 Å². The summed E-state index contributed by atoms with van der Waals surface area (Å²) in [7, 11) is 0. The predicted octanol–water partition coefficient (Wildman–Crippen LogP) is 17.5. The largest absolute Gasteiger partial charge is 0.394 e. The van der Waals surface area contributed by atoms with Crippen LogP contribution in [0.5, 0.6) is 0 Å². The lowest BCUT2D eigenvalue weighted by atomic mass is 10.0. The molecule has 0 saturated carbocycles. The van der Waals surface area contributed by atoms with Gasteiger partial charge in [-0.25, -0.2) is 0 Å². The van der Waals surface area contributed by atoms with Crippen molar-refractivity contribution in [1.82, 2.24) is 5.32 Å². The van der Waals surface area contributed by atoms with E-state index in [2.05, 4.69) is 19.2 Å². The molecule has 5 heteroatoms. The Morgan fingerprint density at radius 2 is 0.661 bits per heavy atom. The highest BCUT2D eigenvalue weighted by Crippen LogP contribution is 2.18. The number of carbonyl (C=O) groups is 1. The first-order chi connectivity index (χ1) is 30.5. The minimum Gasteiger partial charge on any atom is -0.394 e. The molecule has 0 heterocycles. The van der Waals surface area contributed by atoms with Crippen molar-refractivity contribution >= 4 is 5.91 Å². The zero-order chi connectivity index (χ0) is 45.1. The maximum absolute atomic E-state index is 12.5. The fourth-order valence-corrected chi connectivity index (χ4v) is 9.23. The normalized spacial score (nSPS) is 13.3. The second-order valence-corrected chi connectivity index (χ2v) is 19.9. The molecule has 5 nitrogen and oxygen atoms in total. The zero-order valence-electron chi connectivity index (χ0n) is 42.3. The molecule has 0 aliphatic heterocycles. The molecule has 4 N–H and O–H groups in total. The van der Waals surface area contributed by atoms with Crippen LogP contribution in [0.25, 0.3) is 0 Å². The Morgan fingerprint density at radius 3 is 0.935 bits per heavy atom. The van der Waals surface area contributed by atoms with E-state index >= 15 is 0 Å². The van der Waals surface area contributed by atoms with Crippen molar-refractivity contribution in [3.63, 3.8) is 0 Å². The van der Waals surface area contributed by atoms with Gasteiger partial charge < -0.3 is 20.6 Å². The van der Waals surface area contributed by atoms with Gasteiger partial charge in [0.15, 0.2) is 0 Å². The Balaban J connectivity index is 3.53. The number of aliphatic hydroxyl groups is 3. The van der Waals surface area contributed by atoms with Crippen LogP contribution in [0.3, 0.4) is 0 Å². The SMILES string of the molecule is CCCCCCCCCCCCCCCCCCCCCC/C=C/C(O)C(CO)NC(=O)CC(O)CCCCCCCCCCCCCCCCCCCCCCCCCCC. The van der Waals surface area contributed by atoms with Crippen molar-refractivity contribution in [3.8, 4) is 0 Å². The van der Waals surface area contributed by atoms with Crippen LogP contribution in [-0.2, 0) is 4.79 Å². The maximum Gasteiger partial charge on any atom is 0.222 e. The summed E-state index contributed by atoms with van der Waals surface area (Å²) in [6, 6.07) is -0.741. The number of hydrogen-bond donors (Lipinski definition) is 4. The Hall–Kier alpha value is -0.910. The van der Waals surface area contributed by atoms with Crippen LogP contribution in [0.1, 0.15) is 322 Å². The predicted molar refractivity (Wildman–Crippen MR) is 273 cm³/mol. The summed E-state index contributed by atoms with van der Waals surface area (Å²) in [5, 5.41) is 33.5. The molecule has 370 valence electrons. The zero-order valence-corrected chi connectivity index (χ0v) is 42.3. The maximum atomic E-state index is 12.5. The van der Waals surface area contributed by atoms with Crippen molar-refractivity contribution in [3.05, 3.63) is 12.2 Å². The van der Waals surface area contributed by atoms with E-state index in [0.717, 1.165) is 25.7 Å². The Bertz CT molecular complexity index is 879. The summed E-state index contributed by atoms with van der Waals surface area (Å²) in [5.41, 5.74) is 0. The molecule has 0 aromatic carbocycles. The van der Waals surface area contributed by atoms with Crippen LogP contribution in [0.4, 0.5) is 0 Å². The Kier molecular flexibility index (Phi) is 51.9. The lowest BCUT2D eigenvalue weighted by Gasteiger charge is -2.21. The minimum absolute atomic E-state index is 0.0196. The van der Waals surface area contributed by atoms with E-state index in [0.29, 0.717) is 6.42 Å². The van der Waals surface area contributed by atoms with Gasteiger partial charge in [-0.05, 0) is 19.3 Å². The third-order valence-electron chi connectivity index (χ3n) is 13.6. The van der Waals surface area contributed by atoms with E-state index in [1.165, 1.54) is 270 Å². The molecular weight excluding hydrogens is 763 g/mol. The first kappa shape index (κ1) is 61.1. The molecule has 62 heavy (non-hydrogen) atoms. The van der Waals surface area contributed by atoms with Crippen LogP contribution < -0.4 is 5.32 Å². The van der Waals surface area contributed by atoms with Gasteiger partial charge in [0, 0.05) is 0 Å². The van der Waals surface area contributed by atoms with Gasteiger partial charge in [0.1, 0.15) is 0 Å². The van der Waals surface area contributed by atoms with Crippen molar-refractivity contribution in [2.75, 3.05) is 6.61 Å². The first-order valence-corrected chi connectivity index (χ1v) is 28.5. The van der Waals surface area contributed by atoms with E-state index in [9.17, 15) is 20.1 Å². The summed E-state index contributed by atoms with van der Waals surface area (Å²) in [5.74, 6) is -0.308. The second kappa shape index (κ2) is 52.7. The van der Waals surface area contributed by atoms with E-state index in [1.54, 1.807) is 6.08 Å². The number of allylic oxidation sites excluding steroid dienone is 1. The highest BCUT2D eigenvalue weighted by Gasteiger charge is 2.20. The van der Waals surface area contributed by atoms with Gasteiger partial charge in [0.25, 0.3) is 0 Å². The summed E-state index contributed by atoms with van der Waals surface area (Å²) in [4.78, 5) is 12.5. The molecule has 0 aromatic rings. The van der Waals surface area contributed by atoms with Crippen molar-refractivity contribution in [2.24, 2.45) is 0 Å². The minimum atomic E-state index is -0.926. The first-order valence-electron chi connectivity index (χ1n) is 28.5. The van der Waals surface area contributed by atoms with Crippen LogP contribution in [0, 0.1) is 0 Å². The average Bonchev–Trinajstić information content (AvgIpc) is 3.27. The van der Waals surface area contributed by atoms with Gasteiger partial charge in [-0.15, -0.1) is 0 Å². The topological polar surface area (TPSA) is 89.8 Å². The molecule has 3 unspecified atom stereocenters. The Morgan fingerprint density at radius 1 is 0.403 bits per heavy atom. The van der Waals surface area contributed by atoms with Crippen molar-refractivity contribution in [2.45, 2.75) is 340 Å². The smallest absolute Gasteiger partial charge is 0.222 e. The van der Waals surface area contributed by atoms with E-state index in [1.807, 2.05) is 6.08 Å². The molecule has 0 radical (unpaired) electrons. The molecule has 1 amide bonds. The van der Waals surface area contributed by atoms with E-state index in [-0.39, 0.29) is 18.9 Å². The molecular formula is C57H113NO4. The highest BCUT2D eigenvalue weighted by atomic mass is 16.3. The number of hydrogen-bond acceptors (Lipinski definition) is 4. The fraction of sp³-hybridized carbons (Fsp3) is 0.947. The molecule has 0 fully saturated rings. The average molecular weight is 877 g/mol. The quantitative estimate of drug-likeness (QED) is 0.0362. The molecule has 3 atom stereocenters. The number of aliphatic hydroxyl groups excluding tert-OH is 3. The molecule has 0 saturated heterocycles. The summed E-state index contributed by atoms with van der Waals surface area (Å²) in [6.45, 7) is 4.26. The van der Waals surface area contributed by atoms with Gasteiger partial charge in [-0.3, -0.25) is 4.79 Å². The fourth-order valence-electron chi connectivity index (χ4n) is 9.23. The van der Waals surface area contributed by atoms with Gasteiger partial charge in [0.05, 0.1) is 31.3 Å². The van der Waals surface area contributed by atoms with E-state index < -0.39 is 18.2 Å². The summed E-state index contributed by atoms with van der Waals surface area (Å²) in [6.07, 6.45) is 65.5. The van der Waals surface area contributed by atoms with Crippen LogP contribution >= 0.6 is 0 Å². The van der Waals surface area contributed by atoms with Crippen molar-refractivity contribution < 1.29 is 20.1 Å². The van der Waals surface area contributed by atoms with Gasteiger partial charge in [0.2, 0.25) is 5.91 Å². The highest BCUT2D eigenvalue weighted by molar-refractivity contribution is 5.76. The summed E-state index contributed by atoms with van der Waals surface area (Å²) >= 11 is 0. The molecule has 0 aromatic heterocycles. The van der Waals surface area contributed by atoms with Crippen LogP contribution in [-0.4, -0.2) is 46.1 Å². The molecule has 0 aliphatic rings. The molecule has 0 aliphatic carbocycles. The van der Waals surface area contributed by atoms with E-state index in [4.69, 9.17) is 0 Å². The number of carbonyl (C=O) groups excluding carboxylic acids is 1. The van der Waals surface area contributed by atoms with Gasteiger partial charge in [-0.2, -0.15) is 0 Å². The third-order valence-corrected chi connectivity index (χ3v) is 13.6. The lowest BCUT2D eigenvalue weighted by molar-refractivity contribution is -0.124. The monoisotopic (exact) mass is 876 g/mol. The molecule has 0 bridgehead atoms. The number of amides is 1. The molecule has 0 rings (SSSR count). The standard InChI is InChI=1S/C57H113NO4/c1-3-5-7-9-11-13-15-17-19-21-23-25-27-28-29-30-32-34-36-38-40-42-44-46-48-50-54(60)52-57(62)58-55(53-59)56(61)51-49-47-45-43-41-39-37-35-33-31-26-24-22-20-18-16-14-12-10-8-6-4-2/h49,51,54-56,59-61H,3-48,50,52-53H2,1-2H3,(H,58,62)/b51-49+. The summed E-state index contributed by atoms with van der Waals surface area (Å²) < 4.78 is 0. The Labute approximate surface area is 389 Å².